The summed E-state index contributed by atoms with van der Waals surface area (Å²) >= 11 is 0. The van der Waals surface area contributed by atoms with Gasteiger partial charge >= 0.3 is 0 Å². The van der Waals surface area contributed by atoms with Crippen LogP contribution in [0.15, 0.2) is 30.7 Å². The smallest absolute Gasteiger partial charge is 0.141 e. The second-order valence-corrected chi connectivity index (χ2v) is 4.51. The van der Waals surface area contributed by atoms with Crippen molar-refractivity contribution < 1.29 is 5.11 Å². The molecule has 0 saturated heterocycles. The molecule has 1 atom stereocenters. The molecule has 0 spiro atoms. The number of fused-ring (bicyclic) bond motifs is 1. The third-order valence-corrected chi connectivity index (χ3v) is 3.37. The molecule has 2 aromatic rings. The van der Waals surface area contributed by atoms with Crippen molar-refractivity contribution in [3.63, 3.8) is 0 Å². The lowest BCUT2D eigenvalue weighted by atomic mass is 9.99. The summed E-state index contributed by atoms with van der Waals surface area (Å²) in [5.41, 5.74) is 2.30. The maximum absolute atomic E-state index is 9.27. The highest BCUT2D eigenvalue weighted by Crippen LogP contribution is 2.26. The predicted octanol–water partition coefficient (Wildman–Crippen LogP) is 1.50. The minimum Gasteiger partial charge on any atom is -0.396 e. The average Bonchev–Trinajstić information content (AvgIpc) is 2.82. The number of imidazole rings is 1. The number of pyridine rings is 1. The van der Waals surface area contributed by atoms with Crippen LogP contribution in [0.25, 0.3) is 11.4 Å². The highest BCUT2D eigenvalue weighted by molar-refractivity contribution is 5.54. The van der Waals surface area contributed by atoms with E-state index < -0.39 is 0 Å². The summed E-state index contributed by atoms with van der Waals surface area (Å²) in [4.78, 5) is 8.60. The Balaban J connectivity index is 2.00. The molecule has 3 rings (SSSR count). The van der Waals surface area contributed by atoms with Gasteiger partial charge in [0.05, 0.1) is 0 Å². The van der Waals surface area contributed by atoms with Gasteiger partial charge in [-0.15, -0.1) is 0 Å². The molecular weight excluding hydrogens is 214 g/mol. The van der Waals surface area contributed by atoms with Crippen molar-refractivity contribution in [2.75, 3.05) is 6.61 Å². The van der Waals surface area contributed by atoms with Crippen LogP contribution in [0, 0.1) is 5.92 Å². The quantitative estimate of drug-likeness (QED) is 0.849. The van der Waals surface area contributed by atoms with Crippen molar-refractivity contribution in [1.82, 2.24) is 14.5 Å². The highest BCUT2D eigenvalue weighted by atomic mass is 16.3. The number of nitrogens with zero attached hydrogens (tertiary/aromatic N) is 3. The normalized spacial score (nSPS) is 19.0. The number of hydrogen-bond donors (Lipinski definition) is 1. The Labute approximate surface area is 100.0 Å². The lowest BCUT2D eigenvalue weighted by molar-refractivity contribution is 0.192. The van der Waals surface area contributed by atoms with Crippen molar-refractivity contribution >= 4 is 0 Å². The Morgan fingerprint density at radius 1 is 1.41 bits per heavy atom. The summed E-state index contributed by atoms with van der Waals surface area (Å²) in [7, 11) is 0. The van der Waals surface area contributed by atoms with Gasteiger partial charge in [0.25, 0.3) is 0 Å². The number of aliphatic hydroxyl groups excluding tert-OH is 1. The van der Waals surface area contributed by atoms with Gasteiger partial charge in [0, 0.05) is 48.9 Å². The first-order valence-corrected chi connectivity index (χ1v) is 5.94. The van der Waals surface area contributed by atoms with Crippen molar-refractivity contribution in [2.45, 2.75) is 19.4 Å². The van der Waals surface area contributed by atoms with E-state index in [4.69, 9.17) is 0 Å². The fraction of sp³-hybridized carbons (Fsp3) is 0.385. The zero-order valence-corrected chi connectivity index (χ0v) is 9.58. The minimum absolute atomic E-state index is 0.254. The molecule has 0 bridgehead atoms. The van der Waals surface area contributed by atoms with Crippen molar-refractivity contribution in [3.8, 4) is 11.4 Å². The van der Waals surface area contributed by atoms with Crippen LogP contribution in [0.1, 0.15) is 12.1 Å². The van der Waals surface area contributed by atoms with Gasteiger partial charge in [0.15, 0.2) is 0 Å². The molecule has 0 aliphatic carbocycles. The Hall–Kier alpha value is -1.68. The number of hydrogen-bond acceptors (Lipinski definition) is 3. The van der Waals surface area contributed by atoms with Gasteiger partial charge in [-0.2, -0.15) is 0 Å². The molecule has 2 aromatic heterocycles. The van der Waals surface area contributed by atoms with Gasteiger partial charge in [0.2, 0.25) is 0 Å². The molecule has 4 nitrogen and oxygen atoms in total. The summed E-state index contributed by atoms with van der Waals surface area (Å²) < 4.78 is 2.21. The molecule has 1 unspecified atom stereocenters. The first kappa shape index (κ1) is 10.5. The fourth-order valence-electron chi connectivity index (χ4n) is 2.39. The Kier molecular flexibility index (Phi) is 2.65. The Bertz CT molecular complexity index is 507. The molecule has 0 radical (unpaired) electrons. The van der Waals surface area contributed by atoms with Gasteiger partial charge in [-0.05, 0) is 25.0 Å². The van der Waals surface area contributed by atoms with E-state index in [9.17, 15) is 5.11 Å². The van der Waals surface area contributed by atoms with Crippen LogP contribution in [-0.2, 0) is 13.0 Å². The van der Waals surface area contributed by atoms with Gasteiger partial charge in [-0.3, -0.25) is 4.98 Å². The van der Waals surface area contributed by atoms with Crippen LogP contribution in [0.2, 0.25) is 0 Å². The van der Waals surface area contributed by atoms with Crippen LogP contribution in [0.5, 0.6) is 0 Å². The Morgan fingerprint density at radius 3 is 3.12 bits per heavy atom. The molecule has 0 fully saturated rings. The lowest BCUT2D eigenvalue weighted by Crippen LogP contribution is -2.23. The molecule has 0 saturated carbocycles. The van der Waals surface area contributed by atoms with Gasteiger partial charge in [-0.25, -0.2) is 4.98 Å². The molecule has 88 valence electrons. The van der Waals surface area contributed by atoms with E-state index in [-0.39, 0.29) is 6.61 Å². The number of aryl methyl sites for hydroxylation is 1. The molecule has 0 amide bonds. The van der Waals surface area contributed by atoms with Gasteiger partial charge < -0.3 is 9.67 Å². The molecule has 1 N–H and O–H groups in total. The summed E-state index contributed by atoms with van der Waals surface area (Å²) in [6, 6.07) is 3.94. The van der Waals surface area contributed by atoms with E-state index in [1.54, 1.807) is 6.20 Å². The van der Waals surface area contributed by atoms with E-state index in [0.717, 1.165) is 30.8 Å². The first-order valence-electron chi connectivity index (χ1n) is 5.94. The summed E-state index contributed by atoms with van der Waals surface area (Å²) in [6.07, 6.45) is 7.58. The van der Waals surface area contributed by atoms with E-state index in [0.29, 0.717) is 5.92 Å². The monoisotopic (exact) mass is 229 g/mol. The van der Waals surface area contributed by atoms with Gasteiger partial charge in [0.1, 0.15) is 5.82 Å². The summed E-state index contributed by atoms with van der Waals surface area (Å²) in [5, 5.41) is 9.27. The molecule has 3 heterocycles. The summed E-state index contributed by atoms with van der Waals surface area (Å²) in [5.74, 6) is 1.32. The van der Waals surface area contributed by atoms with Gasteiger partial charge in [-0.1, -0.05) is 0 Å². The van der Waals surface area contributed by atoms with E-state index in [1.807, 2.05) is 24.5 Å². The Morgan fingerprint density at radius 2 is 2.35 bits per heavy atom. The van der Waals surface area contributed by atoms with E-state index >= 15 is 0 Å². The van der Waals surface area contributed by atoms with E-state index in [1.165, 1.54) is 5.69 Å². The van der Waals surface area contributed by atoms with Crippen LogP contribution in [-0.4, -0.2) is 26.2 Å². The molecular formula is C13H15N3O. The number of rotatable bonds is 2. The maximum Gasteiger partial charge on any atom is 0.141 e. The minimum atomic E-state index is 0.254. The average molecular weight is 229 g/mol. The molecule has 1 aliphatic heterocycles. The second-order valence-electron chi connectivity index (χ2n) is 4.51. The molecule has 0 aromatic carbocycles. The largest absolute Gasteiger partial charge is 0.396 e. The van der Waals surface area contributed by atoms with Crippen LogP contribution >= 0.6 is 0 Å². The summed E-state index contributed by atoms with van der Waals surface area (Å²) in [6.45, 7) is 1.11. The van der Waals surface area contributed by atoms with E-state index in [2.05, 4.69) is 14.5 Å². The topological polar surface area (TPSA) is 50.9 Å². The molecule has 17 heavy (non-hydrogen) atoms. The molecule has 1 aliphatic rings. The maximum atomic E-state index is 9.27. The number of aromatic nitrogens is 3. The predicted molar refractivity (Wildman–Crippen MR) is 64.4 cm³/mol. The van der Waals surface area contributed by atoms with Crippen molar-refractivity contribution in [1.29, 1.82) is 0 Å². The van der Waals surface area contributed by atoms with Crippen LogP contribution in [0.4, 0.5) is 0 Å². The molecule has 4 heteroatoms. The second kappa shape index (κ2) is 4.30. The van der Waals surface area contributed by atoms with Crippen LogP contribution in [0.3, 0.4) is 0 Å². The first-order chi connectivity index (χ1) is 8.38. The fourth-order valence-corrected chi connectivity index (χ4v) is 2.39. The zero-order chi connectivity index (χ0) is 11.7. The third-order valence-electron chi connectivity index (χ3n) is 3.37. The standard InChI is InChI=1S/C13H15N3O/c17-9-10-3-4-12-7-15-13(16(12)8-10)11-2-1-5-14-6-11/h1-2,5-7,10,17H,3-4,8-9H2. The SMILES string of the molecule is OCC1CCc2cnc(-c3cccnc3)n2C1. The van der Waals surface area contributed by atoms with Crippen molar-refractivity contribution in [3.05, 3.63) is 36.4 Å². The lowest BCUT2D eigenvalue weighted by Gasteiger charge is -2.23. The third kappa shape index (κ3) is 1.85. The zero-order valence-electron chi connectivity index (χ0n) is 9.58. The van der Waals surface area contributed by atoms with Crippen molar-refractivity contribution in [2.24, 2.45) is 5.92 Å². The highest BCUT2D eigenvalue weighted by Gasteiger charge is 2.21. The van der Waals surface area contributed by atoms with Crippen LogP contribution < -0.4 is 0 Å². The number of aliphatic hydroxyl groups is 1.